The Kier molecular flexibility index (Phi) is 8.95. The lowest BCUT2D eigenvalue weighted by molar-refractivity contribution is -0.131. The average Bonchev–Trinajstić information content (AvgIpc) is 2.71. The maximum atomic E-state index is 13.0. The molecule has 0 aromatic heterocycles. The first-order valence-electron chi connectivity index (χ1n) is 11.0. The fraction of sp³-hybridized carbons (Fsp3) is 0.310. The fourth-order valence-corrected chi connectivity index (χ4v) is 4.10. The molecule has 0 fully saturated rings. The number of carbonyl (C=O) groups excluding carboxylic acids is 1. The third-order valence-electron chi connectivity index (χ3n) is 5.74. The van der Waals surface area contributed by atoms with Crippen LogP contribution in [0, 0.1) is 11.3 Å². The van der Waals surface area contributed by atoms with Gasteiger partial charge in [-0.3, -0.25) is 4.79 Å². The van der Waals surface area contributed by atoms with Crippen LogP contribution in [0.5, 0.6) is 0 Å². The van der Waals surface area contributed by atoms with Crippen LogP contribution in [0.2, 0.25) is 0 Å². The molecule has 0 aliphatic heterocycles. The highest BCUT2D eigenvalue weighted by Gasteiger charge is 2.36. The first-order valence-corrected chi connectivity index (χ1v) is 11.0. The van der Waals surface area contributed by atoms with Gasteiger partial charge in [0.25, 0.3) is 0 Å². The third-order valence-corrected chi connectivity index (χ3v) is 5.74. The van der Waals surface area contributed by atoms with Crippen LogP contribution >= 0.6 is 0 Å². The van der Waals surface area contributed by atoms with E-state index in [2.05, 4.69) is 44.2 Å². The monoisotopic (exact) mass is 430 g/mol. The summed E-state index contributed by atoms with van der Waals surface area (Å²) < 4.78 is 0. The Bertz CT molecular complexity index is 1010. The minimum Gasteiger partial charge on any atom is -0.478 e. The van der Waals surface area contributed by atoms with Crippen LogP contribution in [0.3, 0.4) is 0 Å². The van der Waals surface area contributed by atoms with Crippen molar-refractivity contribution in [2.75, 3.05) is 0 Å². The van der Waals surface area contributed by atoms with Crippen molar-refractivity contribution in [1.29, 1.82) is 0 Å². The molecule has 0 radical (unpaired) electrons. The van der Waals surface area contributed by atoms with Crippen molar-refractivity contribution in [3.8, 4) is 0 Å². The summed E-state index contributed by atoms with van der Waals surface area (Å²) in [5, 5.41) is 8.76. The molecule has 0 heterocycles. The van der Waals surface area contributed by atoms with Gasteiger partial charge in [-0.15, -0.1) is 0 Å². The SMILES string of the molecule is CC1=C(/C=C/C(C)=C/C=C/C(C)=C/C(=O)O)C(C)(C)C[C@@H](C/C=C/c2ccccc2)C1=O. The molecule has 1 aromatic carbocycles. The molecule has 1 atom stereocenters. The van der Waals surface area contributed by atoms with Crippen molar-refractivity contribution in [1.82, 2.24) is 0 Å². The number of carboxylic acid groups (broad SMARTS) is 1. The van der Waals surface area contributed by atoms with E-state index in [4.69, 9.17) is 5.11 Å². The van der Waals surface area contributed by atoms with E-state index in [0.717, 1.165) is 35.1 Å². The van der Waals surface area contributed by atoms with Gasteiger partial charge in [-0.1, -0.05) is 92.3 Å². The summed E-state index contributed by atoms with van der Waals surface area (Å²) in [7, 11) is 0. The number of Topliss-reactive ketones (excluding diaryl/α,β-unsaturated/α-hetero) is 1. The van der Waals surface area contributed by atoms with E-state index in [-0.39, 0.29) is 17.1 Å². The molecule has 1 N–H and O–H groups in total. The molecule has 1 aromatic rings. The number of carboxylic acids is 1. The molecule has 0 saturated carbocycles. The molecule has 1 aliphatic carbocycles. The molecular formula is C29H34O3. The molecule has 0 bridgehead atoms. The van der Waals surface area contributed by atoms with Gasteiger partial charge in [0.2, 0.25) is 0 Å². The average molecular weight is 431 g/mol. The topological polar surface area (TPSA) is 54.4 Å². The normalized spacial score (nSPS) is 20.2. The molecule has 3 nitrogen and oxygen atoms in total. The second kappa shape index (κ2) is 11.4. The van der Waals surface area contributed by atoms with Gasteiger partial charge in [0.15, 0.2) is 5.78 Å². The van der Waals surface area contributed by atoms with E-state index < -0.39 is 5.97 Å². The fourth-order valence-electron chi connectivity index (χ4n) is 4.10. The van der Waals surface area contributed by atoms with Crippen LogP contribution in [-0.4, -0.2) is 16.9 Å². The van der Waals surface area contributed by atoms with Gasteiger partial charge >= 0.3 is 5.97 Å². The highest BCUT2D eigenvalue weighted by molar-refractivity contribution is 5.99. The summed E-state index contributed by atoms with van der Waals surface area (Å²) in [6.45, 7) is 10.1. The van der Waals surface area contributed by atoms with Crippen LogP contribution in [-0.2, 0) is 9.59 Å². The highest BCUT2D eigenvalue weighted by Crippen LogP contribution is 2.43. The number of benzene rings is 1. The lowest BCUT2D eigenvalue weighted by atomic mass is 9.67. The van der Waals surface area contributed by atoms with Crippen LogP contribution in [0.15, 0.2) is 95.2 Å². The minimum atomic E-state index is -0.951. The predicted molar refractivity (Wildman–Crippen MR) is 133 cm³/mol. The van der Waals surface area contributed by atoms with E-state index in [1.54, 1.807) is 13.0 Å². The Morgan fingerprint density at radius 3 is 2.44 bits per heavy atom. The van der Waals surface area contributed by atoms with E-state index in [0.29, 0.717) is 5.57 Å². The number of carbonyl (C=O) groups is 2. The lowest BCUT2D eigenvalue weighted by Gasteiger charge is -2.36. The van der Waals surface area contributed by atoms with Gasteiger partial charge in [0, 0.05) is 12.0 Å². The second-order valence-electron chi connectivity index (χ2n) is 9.07. The minimum absolute atomic E-state index is 0.00526. The zero-order valence-electron chi connectivity index (χ0n) is 19.8. The van der Waals surface area contributed by atoms with Gasteiger partial charge in [0.05, 0.1) is 0 Å². The first kappa shape index (κ1) is 25.1. The summed E-state index contributed by atoms with van der Waals surface area (Å²) in [5.74, 6) is -0.712. The van der Waals surface area contributed by atoms with E-state index in [9.17, 15) is 9.59 Å². The maximum absolute atomic E-state index is 13.0. The number of hydrogen-bond donors (Lipinski definition) is 1. The standard InChI is InChI=1S/C29H34O3/c1-21(11-9-12-22(2)19-27(30)31)17-18-26-23(3)28(32)25(20-29(26,4)5)16-10-15-24-13-7-6-8-14-24/h6-15,17-19,25H,16,20H2,1-5H3,(H,30,31)/b12-9+,15-10+,18-17+,21-11+,22-19+/t25-/m1/s1. The Morgan fingerprint density at radius 2 is 1.78 bits per heavy atom. The third kappa shape index (κ3) is 7.49. The smallest absolute Gasteiger partial charge is 0.328 e. The van der Waals surface area contributed by atoms with Crippen molar-refractivity contribution in [3.05, 3.63) is 101 Å². The summed E-state index contributed by atoms with van der Waals surface area (Å²) in [6.07, 6.45) is 16.5. The maximum Gasteiger partial charge on any atom is 0.328 e. The molecule has 3 heteroatoms. The summed E-state index contributed by atoms with van der Waals surface area (Å²) in [5.41, 5.74) is 4.70. The zero-order valence-corrected chi connectivity index (χ0v) is 19.8. The summed E-state index contributed by atoms with van der Waals surface area (Å²) in [4.78, 5) is 23.7. The Labute approximate surface area is 192 Å². The van der Waals surface area contributed by atoms with E-state index in [1.165, 1.54) is 6.08 Å². The van der Waals surface area contributed by atoms with Gasteiger partial charge in [0.1, 0.15) is 0 Å². The van der Waals surface area contributed by atoms with E-state index >= 15 is 0 Å². The molecule has 0 amide bonds. The Balaban J connectivity index is 2.12. The molecule has 0 saturated heterocycles. The quantitative estimate of drug-likeness (QED) is 0.353. The highest BCUT2D eigenvalue weighted by atomic mass is 16.4. The molecule has 2 rings (SSSR count). The second-order valence-corrected chi connectivity index (χ2v) is 9.07. The first-order chi connectivity index (χ1) is 15.1. The molecular weight excluding hydrogens is 396 g/mol. The number of rotatable bonds is 8. The molecule has 0 unspecified atom stereocenters. The molecule has 168 valence electrons. The number of allylic oxidation sites excluding steroid dienone is 10. The van der Waals surface area contributed by atoms with Gasteiger partial charge in [-0.2, -0.15) is 0 Å². The van der Waals surface area contributed by atoms with Crippen molar-refractivity contribution < 1.29 is 14.7 Å². The van der Waals surface area contributed by atoms with Crippen molar-refractivity contribution in [2.45, 2.75) is 47.5 Å². The predicted octanol–water partition coefficient (Wildman–Crippen LogP) is 7.11. The lowest BCUT2D eigenvalue weighted by Crippen LogP contribution is -2.32. The molecule has 32 heavy (non-hydrogen) atoms. The zero-order chi connectivity index (χ0) is 23.7. The van der Waals surface area contributed by atoms with Crippen LogP contribution in [0.4, 0.5) is 0 Å². The van der Waals surface area contributed by atoms with Crippen LogP contribution in [0.1, 0.15) is 53.0 Å². The van der Waals surface area contributed by atoms with Crippen molar-refractivity contribution in [3.63, 3.8) is 0 Å². The number of hydrogen-bond acceptors (Lipinski definition) is 2. The number of ketones is 1. The van der Waals surface area contributed by atoms with E-state index in [1.807, 2.05) is 50.3 Å². The number of aliphatic carboxylic acids is 1. The van der Waals surface area contributed by atoms with Gasteiger partial charge < -0.3 is 5.11 Å². The van der Waals surface area contributed by atoms with Gasteiger partial charge in [-0.05, 0) is 61.3 Å². The van der Waals surface area contributed by atoms with Crippen LogP contribution < -0.4 is 0 Å². The van der Waals surface area contributed by atoms with Crippen molar-refractivity contribution in [2.24, 2.45) is 11.3 Å². The van der Waals surface area contributed by atoms with Gasteiger partial charge in [-0.25, -0.2) is 4.79 Å². The largest absolute Gasteiger partial charge is 0.478 e. The molecule has 0 spiro atoms. The summed E-state index contributed by atoms with van der Waals surface area (Å²) >= 11 is 0. The summed E-state index contributed by atoms with van der Waals surface area (Å²) in [6, 6.07) is 10.1. The Morgan fingerprint density at radius 1 is 1.09 bits per heavy atom. The van der Waals surface area contributed by atoms with Crippen molar-refractivity contribution >= 4 is 17.8 Å². The Hall–Kier alpha value is -3.20. The molecule has 1 aliphatic rings. The van der Waals surface area contributed by atoms with Crippen LogP contribution in [0.25, 0.3) is 6.08 Å².